The lowest BCUT2D eigenvalue weighted by Crippen LogP contribution is -2.50. The molecule has 1 fully saturated rings. The minimum Gasteiger partial charge on any atom is -0.339 e. The summed E-state index contributed by atoms with van der Waals surface area (Å²) in [6, 6.07) is 12.2. The molecule has 1 saturated heterocycles. The van der Waals surface area contributed by atoms with E-state index in [9.17, 15) is 4.79 Å². The van der Waals surface area contributed by atoms with E-state index in [0.29, 0.717) is 5.92 Å². The van der Waals surface area contributed by atoms with Crippen LogP contribution in [-0.4, -0.2) is 73.4 Å². The third kappa shape index (κ3) is 5.12. The Balaban J connectivity index is 1.67. The molecule has 1 aliphatic rings. The van der Waals surface area contributed by atoms with Gasteiger partial charge in [-0.25, -0.2) is 0 Å². The van der Waals surface area contributed by atoms with Gasteiger partial charge in [0.05, 0.1) is 10.9 Å². The molecule has 0 N–H and O–H groups in total. The SMILES string of the molecule is CCN1CCN(C(=O)C(C)Sc2nnc(-c3cccnc3)n2-c2ccccc2C(C)C)CC1. The van der Waals surface area contributed by atoms with E-state index >= 15 is 0 Å². The van der Waals surface area contributed by atoms with Crippen LogP contribution >= 0.6 is 11.8 Å². The van der Waals surface area contributed by atoms with Crippen molar-refractivity contribution in [1.29, 1.82) is 0 Å². The van der Waals surface area contributed by atoms with Crippen molar-refractivity contribution in [1.82, 2.24) is 29.5 Å². The van der Waals surface area contributed by atoms with Gasteiger partial charge in [0, 0.05) is 44.1 Å². The van der Waals surface area contributed by atoms with Crippen molar-refractivity contribution in [3.05, 3.63) is 54.4 Å². The second kappa shape index (κ2) is 10.5. The molecule has 0 radical (unpaired) electrons. The molecule has 1 unspecified atom stereocenters. The number of nitrogens with zero attached hydrogens (tertiary/aromatic N) is 6. The Hall–Kier alpha value is -2.71. The Bertz CT molecular complexity index is 1080. The summed E-state index contributed by atoms with van der Waals surface area (Å²) in [5.74, 6) is 1.22. The number of rotatable bonds is 7. The first-order valence-electron chi connectivity index (χ1n) is 11.6. The zero-order chi connectivity index (χ0) is 23.4. The summed E-state index contributed by atoms with van der Waals surface area (Å²) in [5, 5.41) is 9.52. The highest BCUT2D eigenvalue weighted by Gasteiger charge is 2.28. The number of carbonyl (C=O) groups is 1. The van der Waals surface area contributed by atoms with Gasteiger partial charge in [-0.15, -0.1) is 10.2 Å². The highest BCUT2D eigenvalue weighted by atomic mass is 32.2. The minimum absolute atomic E-state index is 0.158. The number of para-hydroxylation sites is 1. The molecule has 2 aromatic heterocycles. The Morgan fingerprint density at radius 3 is 2.45 bits per heavy atom. The van der Waals surface area contributed by atoms with Crippen LogP contribution in [0.25, 0.3) is 17.1 Å². The number of thioether (sulfide) groups is 1. The zero-order valence-corrected chi connectivity index (χ0v) is 20.6. The lowest BCUT2D eigenvalue weighted by molar-refractivity contribution is -0.132. The standard InChI is InChI=1S/C25H32N6OS/c1-5-29-13-15-30(16-14-29)24(32)19(4)33-25-28-27-23(20-9-8-12-26-17-20)31(25)22-11-7-6-10-21(22)18(2)3/h6-12,17-19H,5,13-16H2,1-4H3. The molecular formula is C25H32N6OS. The highest BCUT2D eigenvalue weighted by Crippen LogP contribution is 2.33. The van der Waals surface area contributed by atoms with Gasteiger partial charge in [-0.1, -0.05) is 50.7 Å². The smallest absolute Gasteiger partial charge is 0.235 e. The molecule has 3 heterocycles. The van der Waals surface area contributed by atoms with Gasteiger partial charge in [-0.2, -0.15) is 0 Å². The fourth-order valence-corrected chi connectivity index (χ4v) is 5.12. The number of amides is 1. The Labute approximate surface area is 200 Å². The fourth-order valence-electron chi connectivity index (χ4n) is 4.17. The van der Waals surface area contributed by atoms with Crippen molar-refractivity contribution in [2.45, 2.75) is 44.0 Å². The number of pyridine rings is 1. The van der Waals surface area contributed by atoms with E-state index in [4.69, 9.17) is 0 Å². The van der Waals surface area contributed by atoms with Crippen LogP contribution in [0.4, 0.5) is 0 Å². The molecule has 0 bridgehead atoms. The van der Waals surface area contributed by atoms with Crippen LogP contribution in [0.1, 0.15) is 39.2 Å². The van der Waals surface area contributed by atoms with Crippen molar-refractivity contribution in [3.8, 4) is 17.1 Å². The first-order chi connectivity index (χ1) is 16.0. The maximum atomic E-state index is 13.2. The van der Waals surface area contributed by atoms with E-state index in [1.807, 2.05) is 30.0 Å². The minimum atomic E-state index is -0.255. The van der Waals surface area contributed by atoms with Crippen LogP contribution in [0.2, 0.25) is 0 Å². The van der Waals surface area contributed by atoms with E-state index in [2.05, 4.69) is 63.6 Å². The Morgan fingerprint density at radius 1 is 1.03 bits per heavy atom. The van der Waals surface area contributed by atoms with Crippen molar-refractivity contribution in [2.75, 3.05) is 32.7 Å². The molecule has 33 heavy (non-hydrogen) atoms. The van der Waals surface area contributed by atoms with Crippen LogP contribution in [0.15, 0.2) is 53.9 Å². The first-order valence-corrected chi connectivity index (χ1v) is 12.5. The van der Waals surface area contributed by atoms with Crippen LogP contribution in [0.5, 0.6) is 0 Å². The predicted octanol–water partition coefficient (Wildman–Crippen LogP) is 4.10. The summed E-state index contributed by atoms with van der Waals surface area (Å²) in [6.45, 7) is 13.0. The molecule has 4 rings (SSSR count). The van der Waals surface area contributed by atoms with Crippen molar-refractivity contribution >= 4 is 17.7 Å². The maximum absolute atomic E-state index is 13.2. The van der Waals surface area contributed by atoms with Gasteiger partial charge in [-0.3, -0.25) is 14.3 Å². The average Bonchev–Trinajstić information content (AvgIpc) is 3.27. The number of piperazine rings is 1. The molecule has 1 aliphatic heterocycles. The summed E-state index contributed by atoms with van der Waals surface area (Å²) in [5.41, 5.74) is 3.14. The molecule has 0 saturated carbocycles. The number of benzene rings is 1. The van der Waals surface area contributed by atoms with Gasteiger partial charge in [0.25, 0.3) is 0 Å². The van der Waals surface area contributed by atoms with Gasteiger partial charge >= 0.3 is 0 Å². The van der Waals surface area contributed by atoms with E-state index in [-0.39, 0.29) is 11.2 Å². The van der Waals surface area contributed by atoms with E-state index in [1.165, 1.54) is 17.3 Å². The van der Waals surface area contributed by atoms with Gasteiger partial charge in [-0.05, 0) is 43.1 Å². The molecule has 1 amide bonds. The van der Waals surface area contributed by atoms with E-state index in [0.717, 1.165) is 55.0 Å². The van der Waals surface area contributed by atoms with Crippen LogP contribution in [0.3, 0.4) is 0 Å². The normalized spacial score (nSPS) is 15.7. The zero-order valence-electron chi connectivity index (χ0n) is 19.8. The maximum Gasteiger partial charge on any atom is 0.235 e. The highest BCUT2D eigenvalue weighted by molar-refractivity contribution is 8.00. The molecular weight excluding hydrogens is 432 g/mol. The molecule has 8 heteroatoms. The molecule has 3 aromatic rings. The summed E-state index contributed by atoms with van der Waals surface area (Å²) >= 11 is 1.47. The summed E-state index contributed by atoms with van der Waals surface area (Å²) in [4.78, 5) is 21.8. The van der Waals surface area contributed by atoms with Crippen molar-refractivity contribution in [2.24, 2.45) is 0 Å². The van der Waals surface area contributed by atoms with E-state index < -0.39 is 0 Å². The fraction of sp³-hybridized carbons (Fsp3) is 0.440. The number of hydrogen-bond donors (Lipinski definition) is 0. The van der Waals surface area contributed by atoms with Crippen LogP contribution in [-0.2, 0) is 4.79 Å². The van der Waals surface area contributed by atoms with Crippen molar-refractivity contribution < 1.29 is 4.79 Å². The van der Waals surface area contributed by atoms with E-state index in [1.54, 1.807) is 12.4 Å². The summed E-state index contributed by atoms with van der Waals surface area (Å²) in [6.07, 6.45) is 3.55. The first kappa shape index (κ1) is 23.4. The Kier molecular flexibility index (Phi) is 7.45. The third-order valence-electron chi connectivity index (χ3n) is 6.11. The summed E-state index contributed by atoms with van der Waals surface area (Å²) < 4.78 is 2.08. The topological polar surface area (TPSA) is 67.2 Å². The molecule has 0 spiro atoms. The van der Waals surface area contributed by atoms with Crippen LogP contribution in [0, 0.1) is 0 Å². The Morgan fingerprint density at radius 2 is 1.79 bits per heavy atom. The molecule has 1 aromatic carbocycles. The summed E-state index contributed by atoms with van der Waals surface area (Å²) in [7, 11) is 0. The second-order valence-electron chi connectivity index (χ2n) is 8.62. The number of carbonyl (C=O) groups excluding carboxylic acids is 1. The van der Waals surface area contributed by atoms with Crippen LogP contribution < -0.4 is 0 Å². The van der Waals surface area contributed by atoms with Gasteiger partial charge in [0.15, 0.2) is 11.0 Å². The molecule has 174 valence electrons. The largest absolute Gasteiger partial charge is 0.339 e. The van der Waals surface area contributed by atoms with Gasteiger partial charge in [0.2, 0.25) is 5.91 Å². The molecule has 1 atom stereocenters. The van der Waals surface area contributed by atoms with Crippen molar-refractivity contribution in [3.63, 3.8) is 0 Å². The lowest BCUT2D eigenvalue weighted by Gasteiger charge is -2.35. The van der Waals surface area contributed by atoms with Gasteiger partial charge < -0.3 is 9.80 Å². The lowest BCUT2D eigenvalue weighted by atomic mass is 10.0. The molecule has 7 nitrogen and oxygen atoms in total. The third-order valence-corrected chi connectivity index (χ3v) is 7.14. The predicted molar refractivity (Wildman–Crippen MR) is 133 cm³/mol. The number of hydrogen-bond acceptors (Lipinski definition) is 6. The van der Waals surface area contributed by atoms with Gasteiger partial charge in [0.1, 0.15) is 0 Å². The second-order valence-corrected chi connectivity index (χ2v) is 9.92. The quantitative estimate of drug-likeness (QED) is 0.491. The average molecular weight is 465 g/mol. The monoisotopic (exact) mass is 464 g/mol. The number of aromatic nitrogens is 4. The number of likely N-dealkylation sites (N-methyl/N-ethyl adjacent to an activating group) is 1. The molecule has 0 aliphatic carbocycles.